The van der Waals surface area contributed by atoms with Gasteiger partial charge in [-0.2, -0.15) is 11.8 Å². The van der Waals surface area contributed by atoms with E-state index in [1.807, 2.05) is 18.4 Å². The van der Waals surface area contributed by atoms with Crippen LogP contribution >= 0.6 is 11.8 Å². The molecule has 0 bridgehead atoms. The number of ether oxygens (including phenoxy) is 1. The molecule has 1 heterocycles. The first kappa shape index (κ1) is 19.8. The summed E-state index contributed by atoms with van der Waals surface area (Å²) in [7, 11) is 0. The summed E-state index contributed by atoms with van der Waals surface area (Å²) in [6, 6.07) is 6.75. The number of benzene rings is 1. The highest BCUT2D eigenvalue weighted by molar-refractivity contribution is 7.98. The number of nitrogens with one attached hydrogen (secondary N) is 2. The molecule has 138 valence electrons. The first-order chi connectivity index (χ1) is 12.1. The predicted octanol–water partition coefficient (Wildman–Crippen LogP) is 1.29. The number of hydrogen-bond donors (Lipinski definition) is 3. The molecule has 0 radical (unpaired) electrons. The fraction of sp³-hybridized carbons (Fsp3) is 0.556. The predicted molar refractivity (Wildman–Crippen MR) is 101 cm³/mol. The van der Waals surface area contributed by atoms with Gasteiger partial charge < -0.3 is 21.1 Å². The Morgan fingerprint density at radius 2 is 2.24 bits per heavy atom. The van der Waals surface area contributed by atoms with Crippen LogP contribution in [0.5, 0.6) is 0 Å². The van der Waals surface area contributed by atoms with Crippen molar-refractivity contribution in [3.05, 3.63) is 35.4 Å². The second-order valence-corrected chi connectivity index (χ2v) is 7.14. The Morgan fingerprint density at radius 1 is 1.40 bits per heavy atom. The zero-order valence-corrected chi connectivity index (χ0v) is 15.4. The Kier molecular flexibility index (Phi) is 8.24. The fourth-order valence-electron chi connectivity index (χ4n) is 2.63. The van der Waals surface area contributed by atoms with E-state index < -0.39 is 6.04 Å². The molecule has 1 aliphatic rings. The summed E-state index contributed by atoms with van der Waals surface area (Å²) < 4.78 is 5.50. The van der Waals surface area contributed by atoms with Gasteiger partial charge in [0.05, 0.1) is 12.1 Å². The van der Waals surface area contributed by atoms with E-state index in [2.05, 4.69) is 10.6 Å². The average molecular weight is 365 g/mol. The van der Waals surface area contributed by atoms with Crippen molar-refractivity contribution in [1.29, 1.82) is 0 Å². The fourth-order valence-corrected chi connectivity index (χ4v) is 3.12. The smallest absolute Gasteiger partial charge is 0.251 e. The maximum absolute atomic E-state index is 12.2. The van der Waals surface area contributed by atoms with Crippen molar-refractivity contribution in [2.75, 3.05) is 25.2 Å². The molecule has 7 heteroatoms. The van der Waals surface area contributed by atoms with Crippen molar-refractivity contribution >= 4 is 23.6 Å². The highest BCUT2D eigenvalue weighted by Crippen LogP contribution is 2.11. The standard InChI is InChI=1S/C18H27N3O3S/c1-25-9-7-16(19)18(23)20-11-13-4-2-5-14(10-13)17(22)21-12-15-6-3-8-24-15/h2,4-5,10,15-16H,3,6-9,11-12,19H2,1H3,(H,20,23)(H,21,22)/t15?,16-/m0/s1. The van der Waals surface area contributed by atoms with E-state index in [4.69, 9.17) is 10.5 Å². The van der Waals surface area contributed by atoms with Gasteiger partial charge in [0.1, 0.15) is 0 Å². The molecule has 1 fully saturated rings. The zero-order chi connectivity index (χ0) is 18.1. The molecule has 25 heavy (non-hydrogen) atoms. The summed E-state index contributed by atoms with van der Waals surface area (Å²) in [5, 5.41) is 5.73. The number of amides is 2. The minimum Gasteiger partial charge on any atom is -0.376 e. The lowest BCUT2D eigenvalue weighted by molar-refractivity contribution is -0.122. The van der Waals surface area contributed by atoms with Gasteiger partial charge in [0, 0.05) is 25.3 Å². The summed E-state index contributed by atoms with van der Waals surface area (Å²) in [4.78, 5) is 24.2. The molecular weight excluding hydrogens is 338 g/mol. The van der Waals surface area contributed by atoms with Crippen molar-refractivity contribution in [2.45, 2.75) is 38.0 Å². The van der Waals surface area contributed by atoms with Crippen LogP contribution in [0, 0.1) is 0 Å². The number of hydrogen-bond acceptors (Lipinski definition) is 5. The second kappa shape index (κ2) is 10.4. The van der Waals surface area contributed by atoms with Gasteiger partial charge in [-0.25, -0.2) is 0 Å². The number of carbonyl (C=O) groups excluding carboxylic acids is 2. The number of carbonyl (C=O) groups is 2. The first-order valence-corrected chi connectivity index (χ1v) is 10.0. The summed E-state index contributed by atoms with van der Waals surface area (Å²) in [6.07, 6.45) is 4.80. The van der Waals surface area contributed by atoms with E-state index >= 15 is 0 Å². The van der Waals surface area contributed by atoms with Crippen LogP contribution in [0.2, 0.25) is 0 Å². The molecule has 1 aromatic rings. The van der Waals surface area contributed by atoms with E-state index in [0.29, 0.717) is 25.1 Å². The Labute approximate surface area is 153 Å². The topological polar surface area (TPSA) is 93.5 Å². The van der Waals surface area contributed by atoms with Gasteiger partial charge >= 0.3 is 0 Å². The van der Waals surface area contributed by atoms with E-state index in [-0.39, 0.29) is 17.9 Å². The molecular formula is C18H27N3O3S. The van der Waals surface area contributed by atoms with Gasteiger partial charge in [-0.15, -0.1) is 0 Å². The van der Waals surface area contributed by atoms with Crippen LogP contribution in [0.1, 0.15) is 35.2 Å². The highest BCUT2D eigenvalue weighted by atomic mass is 32.2. The second-order valence-electron chi connectivity index (χ2n) is 6.15. The number of rotatable bonds is 9. The van der Waals surface area contributed by atoms with Gasteiger partial charge in [-0.3, -0.25) is 9.59 Å². The number of nitrogens with two attached hydrogens (primary N) is 1. The Bertz CT molecular complexity index is 576. The summed E-state index contributed by atoms with van der Waals surface area (Å²) >= 11 is 1.67. The summed E-state index contributed by atoms with van der Waals surface area (Å²) in [5.41, 5.74) is 7.29. The van der Waals surface area contributed by atoms with Crippen molar-refractivity contribution in [1.82, 2.24) is 10.6 Å². The maximum Gasteiger partial charge on any atom is 0.251 e. The Hall–Kier alpha value is -1.57. The molecule has 2 amide bonds. The van der Waals surface area contributed by atoms with Crippen LogP contribution in [-0.2, 0) is 16.1 Å². The third-order valence-electron chi connectivity index (χ3n) is 4.14. The van der Waals surface area contributed by atoms with Crippen LogP contribution in [-0.4, -0.2) is 49.1 Å². The van der Waals surface area contributed by atoms with Gasteiger partial charge in [-0.05, 0) is 49.0 Å². The normalized spacial score (nSPS) is 17.9. The van der Waals surface area contributed by atoms with Crippen LogP contribution in [0.3, 0.4) is 0 Å². The molecule has 1 unspecified atom stereocenters. The molecule has 0 spiro atoms. The third-order valence-corrected chi connectivity index (χ3v) is 4.78. The van der Waals surface area contributed by atoms with Crippen molar-refractivity contribution in [2.24, 2.45) is 5.73 Å². The molecule has 1 aliphatic heterocycles. The number of thioether (sulfide) groups is 1. The monoisotopic (exact) mass is 365 g/mol. The summed E-state index contributed by atoms with van der Waals surface area (Å²) in [6.45, 7) is 1.66. The minimum atomic E-state index is -0.495. The van der Waals surface area contributed by atoms with Gasteiger partial charge in [-0.1, -0.05) is 12.1 Å². The van der Waals surface area contributed by atoms with E-state index in [1.165, 1.54) is 0 Å². The Balaban J connectivity index is 1.81. The van der Waals surface area contributed by atoms with Crippen LogP contribution in [0.4, 0.5) is 0 Å². The van der Waals surface area contributed by atoms with E-state index in [0.717, 1.165) is 30.8 Å². The highest BCUT2D eigenvalue weighted by Gasteiger charge is 2.17. The van der Waals surface area contributed by atoms with Gasteiger partial charge in [0.15, 0.2) is 0 Å². The zero-order valence-electron chi connectivity index (χ0n) is 14.6. The SMILES string of the molecule is CSCC[C@H](N)C(=O)NCc1cccc(C(=O)NCC2CCCO2)c1. The van der Waals surface area contributed by atoms with E-state index in [1.54, 1.807) is 23.9 Å². The lowest BCUT2D eigenvalue weighted by atomic mass is 10.1. The molecule has 0 saturated carbocycles. The molecule has 2 rings (SSSR count). The van der Waals surface area contributed by atoms with Crippen molar-refractivity contribution in [3.8, 4) is 0 Å². The first-order valence-electron chi connectivity index (χ1n) is 8.61. The minimum absolute atomic E-state index is 0.120. The lowest BCUT2D eigenvalue weighted by Gasteiger charge is -2.13. The quantitative estimate of drug-likeness (QED) is 0.613. The largest absolute Gasteiger partial charge is 0.376 e. The van der Waals surface area contributed by atoms with Crippen LogP contribution < -0.4 is 16.4 Å². The van der Waals surface area contributed by atoms with Crippen molar-refractivity contribution in [3.63, 3.8) is 0 Å². The third kappa shape index (κ3) is 6.68. The van der Waals surface area contributed by atoms with Gasteiger partial charge in [0.2, 0.25) is 5.91 Å². The molecule has 1 saturated heterocycles. The van der Waals surface area contributed by atoms with Crippen molar-refractivity contribution < 1.29 is 14.3 Å². The molecule has 0 aromatic heterocycles. The average Bonchev–Trinajstić information content (AvgIpc) is 3.16. The summed E-state index contributed by atoms with van der Waals surface area (Å²) in [5.74, 6) is 0.567. The van der Waals surface area contributed by atoms with Gasteiger partial charge in [0.25, 0.3) is 5.91 Å². The molecule has 1 aromatic carbocycles. The molecule has 0 aliphatic carbocycles. The van der Waals surface area contributed by atoms with Crippen LogP contribution in [0.25, 0.3) is 0 Å². The lowest BCUT2D eigenvalue weighted by Crippen LogP contribution is -2.40. The van der Waals surface area contributed by atoms with Crippen LogP contribution in [0.15, 0.2) is 24.3 Å². The van der Waals surface area contributed by atoms with E-state index in [9.17, 15) is 9.59 Å². The molecule has 4 N–H and O–H groups in total. The maximum atomic E-state index is 12.2. The molecule has 6 nitrogen and oxygen atoms in total. The Morgan fingerprint density at radius 3 is 2.96 bits per heavy atom. The molecule has 2 atom stereocenters.